The quantitative estimate of drug-likeness (QED) is 0.786. The summed E-state index contributed by atoms with van der Waals surface area (Å²) in [7, 11) is 0. The molecule has 2 rings (SSSR count). The molecular formula is C10H10BrNOS2. The summed E-state index contributed by atoms with van der Waals surface area (Å²) in [4.78, 5) is 5.64. The predicted octanol–water partition coefficient (Wildman–Crippen LogP) is 4.41. The molecule has 15 heavy (non-hydrogen) atoms. The van der Waals surface area contributed by atoms with E-state index in [1.807, 2.05) is 13.8 Å². The topological polar surface area (TPSA) is 26.0 Å². The van der Waals surface area contributed by atoms with Gasteiger partial charge in [0.1, 0.15) is 5.76 Å². The normalized spacial score (nSPS) is 10.9. The standard InChI is InChI=1S/C10H10BrNOS2/c1-6-7(2)13-10(12-6)15-5-9-8(11)3-4-14-9/h3-4H,5H2,1-2H3. The van der Waals surface area contributed by atoms with Crippen LogP contribution in [0.4, 0.5) is 0 Å². The lowest BCUT2D eigenvalue weighted by atomic mass is 10.4. The van der Waals surface area contributed by atoms with Crippen LogP contribution in [0.25, 0.3) is 0 Å². The van der Waals surface area contributed by atoms with Crippen LogP contribution in [0.5, 0.6) is 0 Å². The number of hydrogen-bond donors (Lipinski definition) is 0. The Kier molecular flexibility index (Phi) is 3.53. The molecule has 0 saturated carbocycles. The van der Waals surface area contributed by atoms with Crippen molar-refractivity contribution in [2.45, 2.75) is 24.8 Å². The number of aromatic nitrogens is 1. The van der Waals surface area contributed by atoms with Crippen molar-refractivity contribution in [3.63, 3.8) is 0 Å². The van der Waals surface area contributed by atoms with Crippen LogP contribution < -0.4 is 0 Å². The highest BCUT2D eigenvalue weighted by Crippen LogP contribution is 2.30. The van der Waals surface area contributed by atoms with E-state index in [0.29, 0.717) is 0 Å². The van der Waals surface area contributed by atoms with Crippen LogP contribution in [0.3, 0.4) is 0 Å². The van der Waals surface area contributed by atoms with Gasteiger partial charge in [0.15, 0.2) is 0 Å². The minimum Gasteiger partial charge on any atom is -0.437 e. The van der Waals surface area contributed by atoms with Gasteiger partial charge in [-0.25, -0.2) is 4.98 Å². The molecule has 0 atom stereocenters. The van der Waals surface area contributed by atoms with E-state index in [4.69, 9.17) is 4.42 Å². The largest absolute Gasteiger partial charge is 0.437 e. The Hall–Kier alpha value is -0.260. The summed E-state index contributed by atoms with van der Waals surface area (Å²) >= 11 is 6.88. The Balaban J connectivity index is 2.02. The molecule has 0 amide bonds. The van der Waals surface area contributed by atoms with Gasteiger partial charge in [-0.1, -0.05) is 11.8 Å². The maximum Gasteiger partial charge on any atom is 0.256 e. The van der Waals surface area contributed by atoms with E-state index in [-0.39, 0.29) is 0 Å². The third kappa shape index (κ3) is 2.65. The highest BCUT2D eigenvalue weighted by molar-refractivity contribution is 9.10. The minimum absolute atomic E-state index is 0.755. The molecule has 0 saturated heterocycles. The first kappa shape index (κ1) is 11.2. The predicted molar refractivity (Wildman–Crippen MR) is 67.6 cm³/mol. The third-order valence-corrected chi connectivity index (χ3v) is 4.99. The summed E-state index contributed by atoms with van der Waals surface area (Å²) in [6, 6.07) is 2.06. The van der Waals surface area contributed by atoms with Gasteiger partial charge in [0.05, 0.1) is 5.69 Å². The highest BCUT2D eigenvalue weighted by atomic mass is 79.9. The van der Waals surface area contributed by atoms with E-state index in [2.05, 4.69) is 32.4 Å². The third-order valence-electron chi connectivity index (χ3n) is 2.03. The first-order chi connectivity index (χ1) is 7.16. The van der Waals surface area contributed by atoms with Gasteiger partial charge in [0.25, 0.3) is 5.22 Å². The van der Waals surface area contributed by atoms with E-state index in [9.17, 15) is 0 Å². The number of thiophene rings is 1. The zero-order valence-electron chi connectivity index (χ0n) is 8.41. The van der Waals surface area contributed by atoms with Crippen LogP contribution in [0.15, 0.2) is 25.6 Å². The first-order valence-electron chi connectivity index (χ1n) is 4.45. The number of aryl methyl sites for hydroxylation is 2. The number of nitrogens with zero attached hydrogens (tertiary/aromatic N) is 1. The molecule has 0 bridgehead atoms. The second-order valence-electron chi connectivity index (χ2n) is 3.10. The van der Waals surface area contributed by atoms with Gasteiger partial charge in [-0.3, -0.25) is 0 Å². The van der Waals surface area contributed by atoms with Gasteiger partial charge in [0, 0.05) is 15.1 Å². The molecule has 0 N–H and O–H groups in total. The molecule has 0 aliphatic heterocycles. The average Bonchev–Trinajstić information content (AvgIpc) is 2.72. The number of rotatable bonds is 3. The fraction of sp³-hybridized carbons (Fsp3) is 0.300. The van der Waals surface area contributed by atoms with Crippen molar-refractivity contribution in [2.75, 3.05) is 0 Å². The second kappa shape index (κ2) is 4.72. The van der Waals surface area contributed by atoms with E-state index >= 15 is 0 Å². The fourth-order valence-electron chi connectivity index (χ4n) is 1.06. The van der Waals surface area contributed by atoms with Crippen molar-refractivity contribution in [3.05, 3.63) is 32.3 Å². The summed E-state index contributed by atoms with van der Waals surface area (Å²) in [5.74, 6) is 1.81. The molecule has 2 nitrogen and oxygen atoms in total. The van der Waals surface area contributed by atoms with Gasteiger partial charge in [-0.05, 0) is 41.2 Å². The Morgan fingerprint density at radius 3 is 2.87 bits per heavy atom. The maximum absolute atomic E-state index is 5.49. The van der Waals surface area contributed by atoms with Crippen LogP contribution in [0, 0.1) is 13.8 Å². The smallest absolute Gasteiger partial charge is 0.256 e. The summed E-state index contributed by atoms with van der Waals surface area (Å²) in [5, 5.41) is 2.83. The van der Waals surface area contributed by atoms with E-state index in [1.165, 1.54) is 9.35 Å². The molecule has 0 aliphatic rings. The Morgan fingerprint density at radius 1 is 1.53 bits per heavy atom. The first-order valence-corrected chi connectivity index (χ1v) is 7.11. The Bertz CT molecular complexity index is 444. The summed E-state index contributed by atoms with van der Waals surface area (Å²) in [6.07, 6.45) is 0. The molecule has 0 radical (unpaired) electrons. The summed E-state index contributed by atoms with van der Waals surface area (Å²) in [6.45, 7) is 3.90. The van der Waals surface area contributed by atoms with E-state index in [0.717, 1.165) is 22.4 Å². The van der Waals surface area contributed by atoms with E-state index in [1.54, 1.807) is 23.1 Å². The molecule has 80 valence electrons. The zero-order valence-corrected chi connectivity index (χ0v) is 11.6. The van der Waals surface area contributed by atoms with Crippen molar-refractivity contribution in [1.82, 2.24) is 4.98 Å². The summed E-state index contributed by atoms with van der Waals surface area (Å²) in [5.41, 5.74) is 0.975. The molecule has 0 unspecified atom stereocenters. The monoisotopic (exact) mass is 303 g/mol. The lowest BCUT2D eigenvalue weighted by Crippen LogP contribution is -1.76. The fourth-order valence-corrected chi connectivity index (χ4v) is 3.77. The highest BCUT2D eigenvalue weighted by Gasteiger charge is 2.08. The molecule has 2 aromatic rings. The molecule has 0 fully saturated rings. The molecule has 0 spiro atoms. The van der Waals surface area contributed by atoms with Gasteiger partial charge in [-0.2, -0.15) is 0 Å². The number of halogens is 1. The molecule has 5 heteroatoms. The van der Waals surface area contributed by atoms with Gasteiger partial charge in [0.2, 0.25) is 0 Å². The van der Waals surface area contributed by atoms with Crippen molar-refractivity contribution in [2.24, 2.45) is 0 Å². The van der Waals surface area contributed by atoms with Crippen molar-refractivity contribution >= 4 is 39.0 Å². The molecule has 0 aromatic carbocycles. The van der Waals surface area contributed by atoms with Gasteiger partial charge in [-0.15, -0.1) is 11.3 Å². The van der Waals surface area contributed by atoms with Crippen molar-refractivity contribution < 1.29 is 4.42 Å². The van der Waals surface area contributed by atoms with Crippen LogP contribution in [-0.2, 0) is 5.75 Å². The Morgan fingerprint density at radius 2 is 2.33 bits per heavy atom. The van der Waals surface area contributed by atoms with E-state index < -0.39 is 0 Å². The lowest BCUT2D eigenvalue weighted by Gasteiger charge is -1.94. The van der Waals surface area contributed by atoms with Crippen LogP contribution in [-0.4, -0.2) is 4.98 Å². The summed E-state index contributed by atoms with van der Waals surface area (Å²) < 4.78 is 6.66. The SMILES string of the molecule is Cc1nc(SCc2sccc2Br)oc1C. The van der Waals surface area contributed by atoms with Gasteiger partial charge >= 0.3 is 0 Å². The second-order valence-corrected chi connectivity index (χ2v) is 5.88. The van der Waals surface area contributed by atoms with Crippen LogP contribution in [0.1, 0.15) is 16.3 Å². The molecule has 0 aliphatic carbocycles. The molecule has 2 heterocycles. The maximum atomic E-state index is 5.49. The minimum atomic E-state index is 0.755. The van der Waals surface area contributed by atoms with Crippen molar-refractivity contribution in [3.8, 4) is 0 Å². The lowest BCUT2D eigenvalue weighted by molar-refractivity contribution is 0.431. The van der Waals surface area contributed by atoms with Crippen molar-refractivity contribution in [1.29, 1.82) is 0 Å². The Labute approximate surface area is 105 Å². The zero-order chi connectivity index (χ0) is 10.8. The molecular weight excluding hydrogens is 294 g/mol. The van der Waals surface area contributed by atoms with Crippen LogP contribution in [0.2, 0.25) is 0 Å². The average molecular weight is 304 g/mol. The van der Waals surface area contributed by atoms with Crippen LogP contribution >= 0.6 is 39.0 Å². The molecule has 2 aromatic heterocycles. The number of hydrogen-bond acceptors (Lipinski definition) is 4. The number of oxazole rings is 1. The number of thioether (sulfide) groups is 1. The van der Waals surface area contributed by atoms with Gasteiger partial charge < -0.3 is 4.42 Å².